The molecule has 12 heteroatoms. The molecule has 1 atom stereocenters. The number of carbonyl (C=O) groups is 3. The summed E-state index contributed by atoms with van der Waals surface area (Å²) in [5.41, 5.74) is 0.390. The van der Waals surface area contributed by atoms with Crippen LogP contribution in [-0.2, 0) is 22.2 Å². The molecule has 1 saturated heterocycles. The van der Waals surface area contributed by atoms with Crippen LogP contribution in [0.5, 0.6) is 5.75 Å². The summed E-state index contributed by atoms with van der Waals surface area (Å²) in [7, 11) is 1.55. The Morgan fingerprint density at radius 3 is 2.42 bits per heavy atom. The van der Waals surface area contributed by atoms with Crippen LogP contribution < -0.4 is 10.1 Å². The van der Waals surface area contributed by atoms with Gasteiger partial charge in [0.05, 0.1) is 23.9 Å². The second-order valence-electron chi connectivity index (χ2n) is 8.77. The van der Waals surface area contributed by atoms with Crippen molar-refractivity contribution in [2.24, 2.45) is 4.99 Å². The van der Waals surface area contributed by atoms with E-state index in [2.05, 4.69) is 10.3 Å². The Kier molecular flexibility index (Phi) is 8.78. The zero-order valence-electron chi connectivity index (χ0n) is 21.1. The first kappa shape index (κ1) is 28.7. The van der Waals surface area contributed by atoms with E-state index in [1.54, 1.807) is 19.2 Å². The predicted octanol–water partition coefficient (Wildman–Crippen LogP) is 5.62. The molecule has 2 amide bonds. The number of carboxylic acids is 1. The summed E-state index contributed by atoms with van der Waals surface area (Å²) >= 11 is 0.976. The van der Waals surface area contributed by atoms with Gasteiger partial charge in [-0.3, -0.25) is 14.5 Å². The maximum absolute atomic E-state index is 13.3. The van der Waals surface area contributed by atoms with E-state index < -0.39 is 34.8 Å². The van der Waals surface area contributed by atoms with E-state index in [1.165, 1.54) is 41.3 Å². The third-order valence-corrected chi connectivity index (χ3v) is 7.20. The molecule has 2 N–H and O–H groups in total. The molecule has 3 aromatic carbocycles. The second-order valence-corrected chi connectivity index (χ2v) is 9.94. The molecule has 0 bridgehead atoms. The Hall–Kier alpha value is -4.32. The van der Waals surface area contributed by atoms with Crippen molar-refractivity contribution in [1.82, 2.24) is 4.90 Å². The van der Waals surface area contributed by atoms with E-state index >= 15 is 0 Å². The molecule has 4 rings (SSSR count). The monoisotopic (exact) mass is 571 g/mol. The number of rotatable bonds is 8. The van der Waals surface area contributed by atoms with E-state index in [9.17, 15) is 27.6 Å². The summed E-state index contributed by atoms with van der Waals surface area (Å²) in [4.78, 5) is 43.0. The summed E-state index contributed by atoms with van der Waals surface area (Å²) < 4.78 is 45.0. The van der Waals surface area contributed by atoms with Crippen LogP contribution in [0.2, 0.25) is 0 Å². The van der Waals surface area contributed by atoms with Gasteiger partial charge in [0.1, 0.15) is 11.0 Å². The molecule has 1 unspecified atom stereocenters. The lowest BCUT2D eigenvalue weighted by molar-refractivity contribution is -0.137. The first-order chi connectivity index (χ1) is 19.0. The molecular formula is C28H24F3N3O5S. The second kappa shape index (κ2) is 12.2. The number of ether oxygens (including phenoxy) is 1. The summed E-state index contributed by atoms with van der Waals surface area (Å²) in [6.07, 6.45) is -4.29. The Labute approximate surface area is 231 Å². The van der Waals surface area contributed by atoms with Gasteiger partial charge in [-0.15, -0.1) is 0 Å². The number of nitrogens with one attached hydrogen (secondary N) is 1. The third kappa shape index (κ3) is 7.20. The topological polar surface area (TPSA) is 108 Å². The van der Waals surface area contributed by atoms with Crippen LogP contribution >= 0.6 is 11.8 Å². The van der Waals surface area contributed by atoms with Crippen molar-refractivity contribution >= 4 is 46.1 Å². The lowest BCUT2D eigenvalue weighted by Crippen LogP contribution is -2.46. The van der Waals surface area contributed by atoms with Crippen molar-refractivity contribution in [3.8, 4) is 5.75 Å². The number of amidine groups is 1. The highest BCUT2D eigenvalue weighted by Crippen LogP contribution is 2.34. The molecule has 1 fully saturated rings. The minimum absolute atomic E-state index is 0.00936. The zero-order chi connectivity index (χ0) is 28.9. The normalized spacial score (nSPS) is 16.6. The van der Waals surface area contributed by atoms with Crippen molar-refractivity contribution in [3.05, 3.63) is 89.5 Å². The Morgan fingerprint density at radius 1 is 1.10 bits per heavy atom. The van der Waals surface area contributed by atoms with Gasteiger partial charge in [-0.2, -0.15) is 13.2 Å². The smallest absolute Gasteiger partial charge is 0.416 e. The summed E-state index contributed by atoms with van der Waals surface area (Å²) in [5, 5.41) is 10.9. The average Bonchev–Trinajstić information content (AvgIpc) is 2.92. The molecule has 0 spiro atoms. The van der Waals surface area contributed by atoms with Crippen LogP contribution in [0.1, 0.15) is 27.9 Å². The highest BCUT2D eigenvalue weighted by atomic mass is 32.2. The number of methoxy groups -OCH3 is 1. The van der Waals surface area contributed by atoms with E-state index in [0.29, 0.717) is 17.9 Å². The number of aliphatic imine (C=N–C) groups is 1. The molecule has 8 nitrogen and oxygen atoms in total. The Balaban J connectivity index is 1.57. The fraction of sp³-hybridized carbons (Fsp3) is 0.214. The standard InChI is InChI=1S/C28H24F3N3O5S/c1-39-22-11-5-17(6-12-22)13-14-34-24(35)16-23(25(36)32-20-9-7-18(8-10-20)26(37)38)40-27(34)33-21-4-2-3-19(15-21)28(29,30)31/h2-12,15,23H,13-14,16H2,1H3,(H,32,36)(H,37,38). The number of hydrogen-bond donors (Lipinski definition) is 2. The van der Waals surface area contributed by atoms with Crippen molar-refractivity contribution in [1.29, 1.82) is 0 Å². The molecule has 0 aliphatic carbocycles. The van der Waals surface area contributed by atoms with Gasteiger partial charge >= 0.3 is 12.1 Å². The van der Waals surface area contributed by atoms with Crippen LogP contribution in [-0.4, -0.2) is 51.9 Å². The van der Waals surface area contributed by atoms with Crippen LogP contribution in [0.4, 0.5) is 24.5 Å². The SMILES string of the molecule is COc1ccc(CCN2C(=O)CC(C(=O)Nc3ccc(C(=O)O)cc3)SC2=Nc2cccc(C(F)(F)F)c2)cc1. The summed E-state index contributed by atoms with van der Waals surface area (Å²) in [6, 6.07) is 17.2. The van der Waals surface area contributed by atoms with Gasteiger partial charge in [-0.05, 0) is 66.6 Å². The van der Waals surface area contributed by atoms with Gasteiger partial charge in [0, 0.05) is 18.7 Å². The molecule has 40 heavy (non-hydrogen) atoms. The number of hydrogen-bond acceptors (Lipinski definition) is 6. The fourth-order valence-electron chi connectivity index (χ4n) is 3.88. The Bertz CT molecular complexity index is 1430. The molecule has 1 aliphatic rings. The number of amides is 2. The lowest BCUT2D eigenvalue weighted by Gasteiger charge is -2.32. The van der Waals surface area contributed by atoms with Crippen LogP contribution in [0.3, 0.4) is 0 Å². The molecule has 0 radical (unpaired) electrons. The summed E-state index contributed by atoms with van der Waals surface area (Å²) in [6.45, 7) is 0.195. The number of thioether (sulfide) groups is 1. The van der Waals surface area contributed by atoms with Gasteiger partial charge < -0.3 is 15.2 Å². The number of nitrogens with zero attached hydrogens (tertiary/aromatic N) is 2. The number of halogens is 3. The van der Waals surface area contributed by atoms with E-state index in [-0.39, 0.29) is 29.4 Å². The van der Waals surface area contributed by atoms with Crippen molar-refractivity contribution in [3.63, 3.8) is 0 Å². The van der Waals surface area contributed by atoms with Crippen LogP contribution in [0, 0.1) is 0 Å². The quantitative estimate of drug-likeness (QED) is 0.364. The maximum Gasteiger partial charge on any atom is 0.416 e. The molecule has 1 aliphatic heterocycles. The van der Waals surface area contributed by atoms with Crippen LogP contribution in [0.25, 0.3) is 0 Å². The first-order valence-electron chi connectivity index (χ1n) is 12.0. The predicted molar refractivity (Wildman–Crippen MR) is 145 cm³/mol. The fourth-order valence-corrected chi connectivity index (χ4v) is 5.00. The summed E-state index contributed by atoms with van der Waals surface area (Å²) in [5.74, 6) is -1.37. The van der Waals surface area contributed by atoms with Gasteiger partial charge in [-0.25, -0.2) is 9.79 Å². The Morgan fingerprint density at radius 2 is 1.80 bits per heavy atom. The largest absolute Gasteiger partial charge is 0.497 e. The average molecular weight is 572 g/mol. The number of benzene rings is 3. The van der Waals surface area contributed by atoms with Crippen molar-refractivity contribution in [2.75, 3.05) is 19.0 Å². The molecular weight excluding hydrogens is 547 g/mol. The van der Waals surface area contributed by atoms with Gasteiger partial charge in [0.15, 0.2) is 5.17 Å². The highest BCUT2D eigenvalue weighted by Gasteiger charge is 2.36. The van der Waals surface area contributed by atoms with Crippen molar-refractivity contribution in [2.45, 2.75) is 24.3 Å². The number of carboxylic acid groups (broad SMARTS) is 1. The van der Waals surface area contributed by atoms with E-state index in [1.807, 2.05) is 12.1 Å². The zero-order valence-corrected chi connectivity index (χ0v) is 22.0. The number of alkyl halides is 3. The molecule has 0 aromatic heterocycles. The van der Waals surface area contributed by atoms with E-state index in [0.717, 1.165) is 29.5 Å². The highest BCUT2D eigenvalue weighted by molar-refractivity contribution is 8.15. The molecule has 0 saturated carbocycles. The number of anilines is 1. The third-order valence-electron chi connectivity index (χ3n) is 6.01. The molecule has 208 valence electrons. The maximum atomic E-state index is 13.3. The van der Waals surface area contributed by atoms with Crippen LogP contribution in [0.15, 0.2) is 77.8 Å². The van der Waals surface area contributed by atoms with E-state index in [4.69, 9.17) is 9.84 Å². The van der Waals surface area contributed by atoms with Gasteiger partial charge in [0.2, 0.25) is 11.8 Å². The lowest BCUT2D eigenvalue weighted by atomic mass is 10.1. The minimum Gasteiger partial charge on any atom is -0.497 e. The van der Waals surface area contributed by atoms with Gasteiger partial charge in [-0.1, -0.05) is 30.0 Å². The number of aromatic carboxylic acids is 1. The number of carbonyl (C=O) groups excluding carboxylic acids is 2. The molecule has 3 aromatic rings. The van der Waals surface area contributed by atoms with Crippen molar-refractivity contribution < 1.29 is 37.4 Å². The van der Waals surface area contributed by atoms with Gasteiger partial charge in [0.25, 0.3) is 0 Å². The first-order valence-corrected chi connectivity index (χ1v) is 12.9. The minimum atomic E-state index is -4.57. The molecule has 1 heterocycles.